The average molecular weight is 230 g/mol. The molecule has 1 aromatic carbocycles. The molecule has 0 saturated heterocycles. The van der Waals surface area contributed by atoms with E-state index in [4.69, 9.17) is 0 Å². The molecule has 0 unspecified atom stereocenters. The normalized spacial score (nSPS) is 10.0. The Bertz CT molecular complexity index is 376. The standard InChI is InChI=1S/C9H10O3S.H4N2/c1-2-8-12-13(10,11)9-6-4-3-5-7-9;1-2/h2-7H,1,8H2;1-2H2. The molecule has 0 bridgehead atoms. The van der Waals surface area contributed by atoms with Gasteiger partial charge in [0.2, 0.25) is 0 Å². The van der Waals surface area contributed by atoms with Crippen LogP contribution in [0.15, 0.2) is 47.9 Å². The quantitative estimate of drug-likeness (QED) is 0.338. The van der Waals surface area contributed by atoms with Crippen molar-refractivity contribution in [2.24, 2.45) is 11.7 Å². The van der Waals surface area contributed by atoms with E-state index in [9.17, 15) is 8.42 Å². The van der Waals surface area contributed by atoms with E-state index in [1.165, 1.54) is 18.2 Å². The van der Waals surface area contributed by atoms with Crippen molar-refractivity contribution in [2.45, 2.75) is 4.90 Å². The molecule has 1 rings (SSSR count). The zero-order valence-electron chi connectivity index (χ0n) is 8.17. The molecule has 0 aromatic heterocycles. The monoisotopic (exact) mass is 230 g/mol. The van der Waals surface area contributed by atoms with Crippen molar-refractivity contribution in [2.75, 3.05) is 6.61 Å². The molecule has 5 nitrogen and oxygen atoms in total. The Labute approximate surface area is 89.4 Å². The van der Waals surface area contributed by atoms with Gasteiger partial charge < -0.3 is 0 Å². The highest BCUT2D eigenvalue weighted by molar-refractivity contribution is 7.86. The van der Waals surface area contributed by atoms with Crippen LogP contribution in [-0.2, 0) is 14.3 Å². The van der Waals surface area contributed by atoms with Crippen LogP contribution in [0.3, 0.4) is 0 Å². The highest BCUT2D eigenvalue weighted by Gasteiger charge is 2.12. The van der Waals surface area contributed by atoms with Crippen LogP contribution in [0, 0.1) is 0 Å². The van der Waals surface area contributed by atoms with Crippen LogP contribution in [0.5, 0.6) is 0 Å². The summed E-state index contributed by atoms with van der Waals surface area (Å²) in [6.07, 6.45) is 1.39. The molecule has 0 atom stereocenters. The van der Waals surface area contributed by atoms with Crippen LogP contribution >= 0.6 is 0 Å². The number of hydrogen-bond acceptors (Lipinski definition) is 5. The third-order valence-corrected chi connectivity index (χ3v) is 2.67. The molecule has 0 aliphatic carbocycles. The molecule has 84 valence electrons. The number of hydrazine groups is 1. The molecule has 0 saturated carbocycles. The van der Waals surface area contributed by atoms with Crippen LogP contribution in [0.2, 0.25) is 0 Å². The van der Waals surface area contributed by atoms with E-state index < -0.39 is 10.1 Å². The molecule has 0 aliphatic heterocycles. The summed E-state index contributed by atoms with van der Waals surface area (Å²) in [5.41, 5.74) is 0. The summed E-state index contributed by atoms with van der Waals surface area (Å²) in [5.74, 6) is 8.00. The van der Waals surface area contributed by atoms with Gasteiger partial charge in [-0.2, -0.15) is 8.42 Å². The van der Waals surface area contributed by atoms with Crippen molar-refractivity contribution in [3.63, 3.8) is 0 Å². The van der Waals surface area contributed by atoms with Gasteiger partial charge in [0.1, 0.15) is 0 Å². The van der Waals surface area contributed by atoms with Gasteiger partial charge in [-0.25, -0.2) is 0 Å². The first kappa shape index (κ1) is 13.8. The zero-order chi connectivity index (χ0) is 11.7. The lowest BCUT2D eigenvalue weighted by molar-refractivity contribution is 0.357. The maximum atomic E-state index is 11.3. The first-order valence-electron chi connectivity index (χ1n) is 4.05. The summed E-state index contributed by atoms with van der Waals surface area (Å²) in [5, 5.41) is 0. The second-order valence-corrected chi connectivity index (χ2v) is 3.96. The first-order chi connectivity index (χ1) is 7.17. The number of benzene rings is 1. The van der Waals surface area contributed by atoms with Gasteiger partial charge in [0.05, 0.1) is 11.5 Å². The van der Waals surface area contributed by atoms with Crippen LogP contribution in [0.1, 0.15) is 0 Å². The summed E-state index contributed by atoms with van der Waals surface area (Å²) in [6.45, 7) is 3.37. The summed E-state index contributed by atoms with van der Waals surface area (Å²) >= 11 is 0. The highest BCUT2D eigenvalue weighted by Crippen LogP contribution is 2.10. The second-order valence-electron chi connectivity index (χ2n) is 2.34. The summed E-state index contributed by atoms with van der Waals surface area (Å²) in [4.78, 5) is 0.164. The minimum Gasteiger partial charge on any atom is -0.274 e. The van der Waals surface area contributed by atoms with Crippen molar-refractivity contribution in [3.05, 3.63) is 43.0 Å². The minimum absolute atomic E-state index is 0.00275. The van der Waals surface area contributed by atoms with Crippen LogP contribution in [0.4, 0.5) is 0 Å². The fourth-order valence-corrected chi connectivity index (χ4v) is 1.69. The lowest BCUT2D eigenvalue weighted by Crippen LogP contribution is -2.05. The minimum atomic E-state index is -3.59. The maximum absolute atomic E-state index is 11.3. The molecule has 15 heavy (non-hydrogen) atoms. The topological polar surface area (TPSA) is 95.4 Å². The van der Waals surface area contributed by atoms with Gasteiger partial charge in [-0.3, -0.25) is 15.9 Å². The Morgan fingerprint density at radius 2 is 1.80 bits per heavy atom. The van der Waals surface area contributed by atoms with Gasteiger partial charge in [-0.05, 0) is 12.1 Å². The van der Waals surface area contributed by atoms with E-state index >= 15 is 0 Å². The molecule has 0 radical (unpaired) electrons. The first-order valence-corrected chi connectivity index (χ1v) is 5.46. The van der Waals surface area contributed by atoms with E-state index in [2.05, 4.69) is 22.4 Å². The van der Waals surface area contributed by atoms with E-state index in [0.29, 0.717) is 0 Å². The summed E-state index contributed by atoms with van der Waals surface area (Å²) in [7, 11) is -3.59. The highest BCUT2D eigenvalue weighted by atomic mass is 32.2. The average Bonchev–Trinajstić information content (AvgIpc) is 2.30. The molecule has 4 N–H and O–H groups in total. The van der Waals surface area contributed by atoms with Gasteiger partial charge in [0.25, 0.3) is 10.1 Å². The Balaban J connectivity index is 0.000000921. The van der Waals surface area contributed by atoms with E-state index in [1.54, 1.807) is 18.2 Å². The third kappa shape index (κ3) is 4.71. The van der Waals surface area contributed by atoms with Crippen molar-refractivity contribution in [1.82, 2.24) is 0 Å². The molecule has 0 amide bonds. The third-order valence-electron chi connectivity index (χ3n) is 1.37. The molecule has 1 aromatic rings. The molecule has 6 heteroatoms. The largest absolute Gasteiger partial charge is 0.297 e. The molecule has 0 heterocycles. The Morgan fingerprint density at radius 3 is 2.27 bits per heavy atom. The fourth-order valence-electron chi connectivity index (χ4n) is 0.793. The Kier molecular flexibility index (Phi) is 6.56. The predicted octanol–water partition coefficient (Wildman–Crippen LogP) is 0.397. The fraction of sp³-hybridized carbons (Fsp3) is 0.111. The second kappa shape index (κ2) is 7.13. The van der Waals surface area contributed by atoms with Crippen LogP contribution in [0.25, 0.3) is 0 Å². The number of rotatable bonds is 4. The van der Waals surface area contributed by atoms with Crippen molar-refractivity contribution >= 4 is 10.1 Å². The maximum Gasteiger partial charge on any atom is 0.297 e. The molecular formula is C9H14N2O3S. The lowest BCUT2D eigenvalue weighted by Gasteiger charge is -2.01. The van der Waals surface area contributed by atoms with Crippen molar-refractivity contribution < 1.29 is 12.6 Å². The van der Waals surface area contributed by atoms with Gasteiger partial charge in [-0.15, -0.1) is 6.58 Å². The SMILES string of the molecule is C=CCOS(=O)(=O)c1ccccc1.NN. The van der Waals surface area contributed by atoms with Crippen LogP contribution in [-0.4, -0.2) is 15.0 Å². The zero-order valence-corrected chi connectivity index (χ0v) is 8.98. The van der Waals surface area contributed by atoms with E-state index in [1.807, 2.05) is 0 Å². The summed E-state index contributed by atoms with van der Waals surface area (Å²) < 4.78 is 27.3. The van der Waals surface area contributed by atoms with Crippen molar-refractivity contribution in [3.8, 4) is 0 Å². The Morgan fingerprint density at radius 1 is 1.27 bits per heavy atom. The van der Waals surface area contributed by atoms with Gasteiger partial charge in [0, 0.05) is 0 Å². The molecule has 0 fully saturated rings. The van der Waals surface area contributed by atoms with Gasteiger partial charge >= 0.3 is 0 Å². The molecule has 0 spiro atoms. The number of hydrogen-bond donors (Lipinski definition) is 2. The van der Waals surface area contributed by atoms with Gasteiger partial charge in [0.15, 0.2) is 0 Å². The summed E-state index contributed by atoms with van der Waals surface area (Å²) in [6, 6.07) is 8.00. The Hall–Kier alpha value is -1.21. The molecular weight excluding hydrogens is 216 g/mol. The lowest BCUT2D eigenvalue weighted by atomic mass is 10.4. The molecule has 0 aliphatic rings. The smallest absolute Gasteiger partial charge is 0.274 e. The number of nitrogens with two attached hydrogens (primary N) is 2. The van der Waals surface area contributed by atoms with Gasteiger partial charge in [-0.1, -0.05) is 24.3 Å². The van der Waals surface area contributed by atoms with Crippen LogP contribution < -0.4 is 11.7 Å². The van der Waals surface area contributed by atoms with E-state index in [0.717, 1.165) is 0 Å². The van der Waals surface area contributed by atoms with E-state index in [-0.39, 0.29) is 11.5 Å². The predicted molar refractivity (Wildman–Crippen MR) is 58.2 cm³/mol. The van der Waals surface area contributed by atoms with Crippen molar-refractivity contribution in [1.29, 1.82) is 0 Å².